The van der Waals surface area contributed by atoms with Crippen LogP contribution in [0.2, 0.25) is 0 Å². The molecule has 2 N–H and O–H groups in total. The quantitative estimate of drug-likeness (QED) is 0.455. The van der Waals surface area contributed by atoms with Crippen molar-refractivity contribution in [3.8, 4) is 5.75 Å². The van der Waals surface area contributed by atoms with Crippen molar-refractivity contribution in [2.75, 3.05) is 6.61 Å². The molecule has 9 heteroatoms. The molecule has 0 aliphatic rings. The first-order valence-electron chi connectivity index (χ1n) is 7.66. The molecule has 0 aromatic heterocycles. The van der Waals surface area contributed by atoms with Crippen LogP contribution >= 0.6 is 0 Å². The normalized spacial score (nSPS) is 12.2. The van der Waals surface area contributed by atoms with Crippen LogP contribution in [0.15, 0.2) is 18.2 Å². The number of hydrogen-bond donors (Lipinski definition) is 2. The average Bonchev–Trinajstić information content (AvgIpc) is 2.46. The molecule has 0 radical (unpaired) electrons. The van der Waals surface area contributed by atoms with Crippen molar-refractivity contribution in [3.63, 3.8) is 0 Å². The largest absolute Gasteiger partial charge is 0.502 e. The molecular weight excluding hydrogens is 332 g/mol. The van der Waals surface area contributed by atoms with E-state index in [2.05, 4.69) is 5.32 Å². The molecular formula is C16H22N2O7. The number of aromatic hydroxyl groups is 1. The van der Waals surface area contributed by atoms with Crippen LogP contribution in [0.4, 0.5) is 10.5 Å². The number of nitrogens with zero attached hydrogens (tertiary/aromatic N) is 1. The van der Waals surface area contributed by atoms with Gasteiger partial charge in [0.2, 0.25) is 0 Å². The van der Waals surface area contributed by atoms with Crippen molar-refractivity contribution >= 4 is 17.7 Å². The number of ether oxygens (including phenoxy) is 2. The molecule has 25 heavy (non-hydrogen) atoms. The van der Waals surface area contributed by atoms with E-state index >= 15 is 0 Å². The monoisotopic (exact) mass is 354 g/mol. The highest BCUT2D eigenvalue weighted by Gasteiger charge is 2.26. The molecule has 0 heterocycles. The highest BCUT2D eigenvalue weighted by atomic mass is 16.6. The summed E-state index contributed by atoms with van der Waals surface area (Å²) in [6, 6.07) is 2.63. The summed E-state index contributed by atoms with van der Waals surface area (Å²) < 4.78 is 10.0. The summed E-state index contributed by atoms with van der Waals surface area (Å²) in [5, 5.41) is 22.8. The molecule has 0 fully saturated rings. The van der Waals surface area contributed by atoms with E-state index in [-0.39, 0.29) is 13.0 Å². The molecule has 0 saturated carbocycles. The van der Waals surface area contributed by atoms with Crippen LogP contribution < -0.4 is 5.32 Å². The van der Waals surface area contributed by atoms with Crippen LogP contribution in [-0.2, 0) is 20.7 Å². The molecule has 0 bridgehead atoms. The second-order valence-electron chi connectivity index (χ2n) is 6.24. The Morgan fingerprint density at radius 3 is 2.52 bits per heavy atom. The average molecular weight is 354 g/mol. The van der Waals surface area contributed by atoms with Crippen LogP contribution in [0, 0.1) is 10.1 Å². The first-order valence-corrected chi connectivity index (χ1v) is 7.66. The minimum atomic E-state index is -1.08. The van der Waals surface area contributed by atoms with Crippen molar-refractivity contribution in [2.24, 2.45) is 0 Å². The highest BCUT2D eigenvalue weighted by Crippen LogP contribution is 2.26. The van der Waals surface area contributed by atoms with Gasteiger partial charge in [-0.15, -0.1) is 0 Å². The Kier molecular flexibility index (Phi) is 6.72. The summed E-state index contributed by atoms with van der Waals surface area (Å²) >= 11 is 0. The molecule has 138 valence electrons. The first kappa shape index (κ1) is 20.2. The van der Waals surface area contributed by atoms with Gasteiger partial charge in [-0.2, -0.15) is 0 Å². The lowest BCUT2D eigenvalue weighted by atomic mass is 10.0. The van der Waals surface area contributed by atoms with Gasteiger partial charge in [0.15, 0.2) is 5.75 Å². The van der Waals surface area contributed by atoms with Gasteiger partial charge >= 0.3 is 17.7 Å². The number of hydrogen-bond acceptors (Lipinski definition) is 7. The van der Waals surface area contributed by atoms with Crippen LogP contribution in [0.25, 0.3) is 0 Å². The predicted octanol–water partition coefficient (Wildman–Crippen LogP) is 2.30. The molecule has 0 spiro atoms. The van der Waals surface area contributed by atoms with Gasteiger partial charge < -0.3 is 19.9 Å². The second kappa shape index (κ2) is 8.32. The van der Waals surface area contributed by atoms with E-state index in [1.165, 1.54) is 6.07 Å². The van der Waals surface area contributed by atoms with Crippen molar-refractivity contribution in [2.45, 2.75) is 45.8 Å². The third-order valence-corrected chi connectivity index (χ3v) is 2.94. The number of nitro groups is 1. The molecule has 1 aromatic rings. The van der Waals surface area contributed by atoms with Crippen molar-refractivity contribution in [3.05, 3.63) is 33.9 Å². The van der Waals surface area contributed by atoms with Gasteiger partial charge in [-0.3, -0.25) is 10.1 Å². The van der Waals surface area contributed by atoms with E-state index in [4.69, 9.17) is 9.47 Å². The zero-order chi connectivity index (χ0) is 19.2. The number of rotatable bonds is 6. The Morgan fingerprint density at radius 2 is 2.00 bits per heavy atom. The number of carbonyl (C=O) groups is 2. The number of phenolic OH excluding ortho intramolecular Hbond substituents is 1. The molecule has 1 amide bonds. The zero-order valence-corrected chi connectivity index (χ0v) is 14.6. The van der Waals surface area contributed by atoms with E-state index in [1.54, 1.807) is 27.7 Å². The van der Waals surface area contributed by atoms with Gasteiger partial charge in [0.1, 0.15) is 11.6 Å². The van der Waals surface area contributed by atoms with Crippen molar-refractivity contribution in [1.29, 1.82) is 0 Å². The van der Waals surface area contributed by atoms with E-state index < -0.39 is 40.1 Å². The van der Waals surface area contributed by atoms with Crippen LogP contribution in [-0.4, -0.2) is 40.3 Å². The standard InChI is InChI=1S/C16H22N2O7/c1-5-24-14(20)11(17-15(21)25-16(2,3)4)8-10-6-7-13(19)12(9-10)18(22)23/h6-7,9,11,19H,5,8H2,1-4H3,(H,17,21)/t11-/m0/s1. The predicted molar refractivity (Wildman–Crippen MR) is 88.3 cm³/mol. The van der Waals surface area contributed by atoms with Crippen LogP contribution in [0.1, 0.15) is 33.3 Å². The Bertz CT molecular complexity index is 652. The first-order chi connectivity index (χ1) is 11.5. The van der Waals surface area contributed by atoms with Gasteiger partial charge in [-0.25, -0.2) is 9.59 Å². The molecule has 1 atom stereocenters. The number of nitrogens with one attached hydrogen (secondary N) is 1. The maximum Gasteiger partial charge on any atom is 0.408 e. The number of nitro benzene ring substituents is 1. The fraction of sp³-hybridized carbons (Fsp3) is 0.500. The van der Waals surface area contributed by atoms with E-state index in [0.717, 1.165) is 12.1 Å². The van der Waals surface area contributed by atoms with E-state index in [1.807, 2.05) is 0 Å². The number of phenols is 1. The third kappa shape index (κ3) is 6.66. The number of esters is 1. The summed E-state index contributed by atoms with van der Waals surface area (Å²) in [5.74, 6) is -1.18. The third-order valence-electron chi connectivity index (χ3n) is 2.94. The Labute approximate surface area is 145 Å². The molecule has 0 aliphatic carbocycles. The lowest BCUT2D eigenvalue weighted by Gasteiger charge is -2.23. The second-order valence-corrected chi connectivity index (χ2v) is 6.24. The summed E-state index contributed by atoms with van der Waals surface area (Å²) in [6.07, 6.45) is -0.863. The highest BCUT2D eigenvalue weighted by molar-refractivity contribution is 5.81. The van der Waals surface area contributed by atoms with E-state index in [0.29, 0.717) is 5.56 Å². The van der Waals surface area contributed by atoms with Gasteiger partial charge in [0.25, 0.3) is 0 Å². The fourth-order valence-corrected chi connectivity index (χ4v) is 1.96. The molecule has 1 rings (SSSR count). The molecule has 0 saturated heterocycles. The van der Waals surface area contributed by atoms with Crippen molar-refractivity contribution < 1.29 is 29.1 Å². The van der Waals surface area contributed by atoms with Crippen LogP contribution in [0.3, 0.4) is 0 Å². The summed E-state index contributed by atoms with van der Waals surface area (Å²) in [4.78, 5) is 34.1. The van der Waals surface area contributed by atoms with Gasteiger partial charge in [0.05, 0.1) is 11.5 Å². The minimum Gasteiger partial charge on any atom is -0.502 e. The maximum atomic E-state index is 12.1. The smallest absolute Gasteiger partial charge is 0.408 e. The molecule has 1 aromatic carbocycles. The fourth-order valence-electron chi connectivity index (χ4n) is 1.96. The van der Waals surface area contributed by atoms with Crippen molar-refractivity contribution in [1.82, 2.24) is 5.32 Å². The Balaban J connectivity index is 2.98. The molecule has 0 unspecified atom stereocenters. The SMILES string of the molecule is CCOC(=O)[C@H](Cc1ccc(O)c([N+](=O)[O-])c1)NC(=O)OC(C)(C)C. The summed E-state index contributed by atoms with van der Waals surface area (Å²) in [7, 11) is 0. The van der Waals surface area contributed by atoms with E-state index in [9.17, 15) is 24.8 Å². The van der Waals surface area contributed by atoms with Gasteiger partial charge in [-0.1, -0.05) is 6.07 Å². The Hall–Kier alpha value is -2.84. The summed E-state index contributed by atoms with van der Waals surface area (Å²) in [6.45, 7) is 6.76. The lowest BCUT2D eigenvalue weighted by Crippen LogP contribution is -2.45. The van der Waals surface area contributed by atoms with Gasteiger partial charge in [-0.05, 0) is 39.3 Å². The Morgan fingerprint density at radius 1 is 1.36 bits per heavy atom. The number of alkyl carbamates (subject to hydrolysis) is 1. The zero-order valence-electron chi connectivity index (χ0n) is 14.6. The minimum absolute atomic E-state index is 0.0564. The lowest BCUT2D eigenvalue weighted by molar-refractivity contribution is -0.385. The number of carbonyl (C=O) groups excluding carboxylic acids is 2. The number of amides is 1. The maximum absolute atomic E-state index is 12.1. The summed E-state index contributed by atoms with van der Waals surface area (Å²) in [5.41, 5.74) is -0.864. The molecule has 0 aliphatic heterocycles. The topological polar surface area (TPSA) is 128 Å². The van der Waals surface area contributed by atoms with Crippen LogP contribution in [0.5, 0.6) is 5.75 Å². The number of benzene rings is 1. The van der Waals surface area contributed by atoms with Gasteiger partial charge in [0, 0.05) is 12.5 Å². The molecule has 9 nitrogen and oxygen atoms in total.